The van der Waals surface area contributed by atoms with Crippen molar-refractivity contribution in [3.8, 4) is 28.0 Å². The SMILES string of the molecule is CC(C)C(NS(=O)c1ccc(-c2ccc(COc3ccc(-c4ccccc4)cc3)cc2)cc1)C(=O)O. The van der Waals surface area contributed by atoms with Gasteiger partial charge in [-0.05, 0) is 58.0 Å². The largest absolute Gasteiger partial charge is 0.489 e. The van der Waals surface area contributed by atoms with Crippen molar-refractivity contribution in [2.75, 3.05) is 0 Å². The van der Waals surface area contributed by atoms with Crippen LogP contribution in [0.4, 0.5) is 0 Å². The summed E-state index contributed by atoms with van der Waals surface area (Å²) in [7, 11) is -1.60. The summed E-state index contributed by atoms with van der Waals surface area (Å²) in [4.78, 5) is 11.9. The average molecular weight is 500 g/mol. The highest BCUT2D eigenvalue weighted by Crippen LogP contribution is 2.24. The van der Waals surface area contributed by atoms with E-state index < -0.39 is 23.0 Å². The van der Waals surface area contributed by atoms with Crippen molar-refractivity contribution in [2.45, 2.75) is 31.4 Å². The number of carboxylic acids is 1. The second kappa shape index (κ2) is 11.8. The first-order valence-electron chi connectivity index (χ1n) is 11.8. The smallest absolute Gasteiger partial charge is 0.321 e. The van der Waals surface area contributed by atoms with E-state index in [2.05, 4.69) is 29.0 Å². The molecule has 2 unspecified atom stereocenters. The molecule has 4 rings (SSSR count). The molecule has 184 valence electrons. The summed E-state index contributed by atoms with van der Waals surface area (Å²) in [5.41, 5.74) is 5.40. The van der Waals surface area contributed by atoms with Gasteiger partial charge in [0.05, 0.1) is 4.90 Å². The Morgan fingerprint density at radius 2 is 1.28 bits per heavy atom. The molecule has 0 amide bonds. The molecule has 0 heterocycles. The van der Waals surface area contributed by atoms with Crippen molar-refractivity contribution in [3.05, 3.63) is 109 Å². The van der Waals surface area contributed by atoms with Gasteiger partial charge in [-0.3, -0.25) is 4.79 Å². The number of carboxylic acid groups (broad SMARTS) is 1. The van der Waals surface area contributed by atoms with Crippen LogP contribution in [0.5, 0.6) is 5.75 Å². The minimum Gasteiger partial charge on any atom is -0.489 e. The maximum atomic E-state index is 12.6. The van der Waals surface area contributed by atoms with Gasteiger partial charge in [-0.15, -0.1) is 0 Å². The van der Waals surface area contributed by atoms with Gasteiger partial charge >= 0.3 is 5.97 Å². The fourth-order valence-corrected chi connectivity index (χ4v) is 4.88. The predicted molar refractivity (Wildman–Crippen MR) is 144 cm³/mol. The quantitative estimate of drug-likeness (QED) is 0.268. The molecule has 0 fully saturated rings. The number of hydrogen-bond acceptors (Lipinski definition) is 3. The van der Waals surface area contributed by atoms with Gasteiger partial charge in [0.2, 0.25) is 0 Å². The highest BCUT2D eigenvalue weighted by molar-refractivity contribution is 7.83. The lowest BCUT2D eigenvalue weighted by molar-refractivity contribution is -0.140. The maximum absolute atomic E-state index is 12.6. The van der Waals surface area contributed by atoms with Gasteiger partial charge in [0.15, 0.2) is 0 Å². The number of benzene rings is 4. The lowest BCUT2D eigenvalue weighted by Crippen LogP contribution is -2.41. The van der Waals surface area contributed by atoms with Crippen LogP contribution in [-0.2, 0) is 22.4 Å². The molecule has 6 heteroatoms. The minimum atomic E-state index is -1.60. The van der Waals surface area contributed by atoms with E-state index in [9.17, 15) is 14.1 Å². The first-order chi connectivity index (χ1) is 17.4. The highest BCUT2D eigenvalue weighted by Gasteiger charge is 2.23. The Balaban J connectivity index is 1.34. The van der Waals surface area contributed by atoms with E-state index in [1.54, 1.807) is 26.0 Å². The van der Waals surface area contributed by atoms with Crippen molar-refractivity contribution in [1.82, 2.24) is 4.72 Å². The maximum Gasteiger partial charge on any atom is 0.321 e. The molecule has 0 bridgehead atoms. The zero-order valence-corrected chi connectivity index (χ0v) is 21.1. The topological polar surface area (TPSA) is 75.6 Å². The van der Waals surface area contributed by atoms with Crippen molar-refractivity contribution in [1.29, 1.82) is 0 Å². The van der Waals surface area contributed by atoms with E-state index in [-0.39, 0.29) is 5.92 Å². The third-order valence-electron chi connectivity index (χ3n) is 5.89. The van der Waals surface area contributed by atoms with E-state index in [0.717, 1.165) is 28.0 Å². The lowest BCUT2D eigenvalue weighted by atomic mass is 10.0. The molecular formula is C30H29NO4S. The molecule has 2 atom stereocenters. The van der Waals surface area contributed by atoms with Crippen LogP contribution in [0, 0.1) is 5.92 Å². The highest BCUT2D eigenvalue weighted by atomic mass is 32.2. The first kappa shape index (κ1) is 25.4. The Morgan fingerprint density at radius 3 is 1.81 bits per heavy atom. The van der Waals surface area contributed by atoms with Gasteiger partial charge in [0.1, 0.15) is 29.4 Å². The molecule has 0 aliphatic carbocycles. The van der Waals surface area contributed by atoms with E-state index >= 15 is 0 Å². The van der Waals surface area contributed by atoms with Crippen LogP contribution >= 0.6 is 0 Å². The molecule has 0 saturated heterocycles. The summed E-state index contributed by atoms with van der Waals surface area (Å²) < 4.78 is 21.2. The Labute approximate surface area is 214 Å². The van der Waals surface area contributed by atoms with Crippen LogP contribution in [0.15, 0.2) is 108 Å². The first-order valence-corrected chi connectivity index (χ1v) is 12.9. The van der Waals surface area contributed by atoms with Crippen molar-refractivity contribution in [3.63, 3.8) is 0 Å². The van der Waals surface area contributed by atoms with Crippen LogP contribution in [0.3, 0.4) is 0 Å². The number of aliphatic carboxylic acids is 1. The zero-order valence-electron chi connectivity index (χ0n) is 20.3. The van der Waals surface area contributed by atoms with E-state index in [0.29, 0.717) is 11.5 Å². The molecule has 0 saturated carbocycles. The number of ether oxygens (including phenoxy) is 1. The Hall–Kier alpha value is -3.74. The molecule has 2 N–H and O–H groups in total. The average Bonchev–Trinajstić information content (AvgIpc) is 2.91. The van der Waals surface area contributed by atoms with E-state index in [1.807, 2.05) is 66.7 Å². The summed E-state index contributed by atoms with van der Waals surface area (Å²) in [6.07, 6.45) is 0. The van der Waals surface area contributed by atoms with Gasteiger partial charge in [0, 0.05) is 0 Å². The normalized spacial score (nSPS) is 12.8. The minimum absolute atomic E-state index is 0.179. The molecule has 0 aromatic heterocycles. The molecule has 0 radical (unpaired) electrons. The number of rotatable bonds is 10. The summed E-state index contributed by atoms with van der Waals surface area (Å²) in [5.74, 6) is -0.372. The fraction of sp³-hybridized carbons (Fsp3) is 0.167. The van der Waals surface area contributed by atoms with Gasteiger partial charge in [-0.2, -0.15) is 0 Å². The van der Waals surface area contributed by atoms with Crippen LogP contribution in [-0.4, -0.2) is 21.3 Å². The Bertz CT molecular complexity index is 1300. The van der Waals surface area contributed by atoms with E-state index in [4.69, 9.17) is 4.74 Å². The second-order valence-electron chi connectivity index (χ2n) is 8.85. The zero-order chi connectivity index (χ0) is 25.5. The summed E-state index contributed by atoms with van der Waals surface area (Å²) in [6.45, 7) is 4.03. The van der Waals surface area contributed by atoms with Crippen molar-refractivity contribution < 1.29 is 18.8 Å². The van der Waals surface area contributed by atoms with Gasteiger partial charge < -0.3 is 9.84 Å². The Morgan fingerprint density at radius 1 is 0.778 bits per heavy atom. The van der Waals surface area contributed by atoms with Crippen LogP contribution in [0.1, 0.15) is 19.4 Å². The predicted octanol–water partition coefficient (Wildman–Crippen LogP) is 6.32. The summed E-state index contributed by atoms with van der Waals surface area (Å²) >= 11 is 0. The van der Waals surface area contributed by atoms with Crippen molar-refractivity contribution >= 4 is 17.0 Å². The van der Waals surface area contributed by atoms with Crippen molar-refractivity contribution in [2.24, 2.45) is 5.92 Å². The molecule has 5 nitrogen and oxygen atoms in total. The van der Waals surface area contributed by atoms with Crippen LogP contribution in [0.2, 0.25) is 0 Å². The molecule has 36 heavy (non-hydrogen) atoms. The molecule has 0 aliphatic rings. The van der Waals surface area contributed by atoms with E-state index in [1.165, 1.54) is 5.56 Å². The summed E-state index contributed by atoms with van der Waals surface area (Å²) in [5, 5.41) is 9.31. The second-order valence-corrected chi connectivity index (χ2v) is 10.1. The fourth-order valence-electron chi connectivity index (χ4n) is 3.76. The van der Waals surface area contributed by atoms with Crippen LogP contribution < -0.4 is 9.46 Å². The third-order valence-corrected chi connectivity index (χ3v) is 7.06. The standard InChI is InChI=1S/C30H29NO4S/c1-21(2)29(30(32)33)31-36(34)28-18-14-26(15-19-28)24-10-8-22(9-11-24)20-35-27-16-12-25(13-17-27)23-6-4-3-5-7-23/h3-19,21,29,31H,20H2,1-2H3,(H,32,33). The number of carbonyl (C=O) groups is 1. The monoisotopic (exact) mass is 499 g/mol. The van der Waals surface area contributed by atoms with Gasteiger partial charge in [-0.1, -0.05) is 92.7 Å². The molecule has 4 aromatic carbocycles. The molecule has 0 aliphatic heterocycles. The van der Waals surface area contributed by atoms with Gasteiger partial charge in [0.25, 0.3) is 0 Å². The number of nitrogens with one attached hydrogen (secondary N) is 1. The molecule has 0 spiro atoms. The molecule has 4 aromatic rings. The Kier molecular flexibility index (Phi) is 8.31. The molecular weight excluding hydrogens is 470 g/mol. The third kappa shape index (κ3) is 6.47. The summed E-state index contributed by atoms with van der Waals surface area (Å²) in [6, 6.07) is 32.9. The lowest BCUT2D eigenvalue weighted by Gasteiger charge is -2.17. The van der Waals surface area contributed by atoms with Crippen LogP contribution in [0.25, 0.3) is 22.3 Å². The number of hydrogen-bond donors (Lipinski definition) is 2. The van der Waals surface area contributed by atoms with Gasteiger partial charge in [-0.25, -0.2) is 8.93 Å².